The van der Waals surface area contributed by atoms with E-state index in [2.05, 4.69) is 19.7 Å². The molecule has 0 amide bonds. The second-order valence-corrected chi connectivity index (χ2v) is 6.13. The van der Waals surface area contributed by atoms with E-state index in [1.165, 1.54) is 24.8 Å². The van der Waals surface area contributed by atoms with Crippen molar-refractivity contribution in [2.75, 3.05) is 20.2 Å². The smallest absolute Gasteiger partial charge is 0.377 e. The number of aromatic nitrogens is 3. The van der Waals surface area contributed by atoms with Gasteiger partial charge in [0.15, 0.2) is 0 Å². The second kappa shape index (κ2) is 7.53. The molecule has 7 heteroatoms. The van der Waals surface area contributed by atoms with Gasteiger partial charge >= 0.3 is 5.97 Å². The van der Waals surface area contributed by atoms with Gasteiger partial charge in [0, 0.05) is 13.1 Å². The first kappa shape index (κ1) is 16.6. The lowest BCUT2D eigenvalue weighted by Crippen LogP contribution is -2.35. The van der Waals surface area contributed by atoms with Gasteiger partial charge in [-0.2, -0.15) is 0 Å². The number of methoxy groups -OCH3 is 1. The Balaban J connectivity index is 1.47. The summed E-state index contributed by atoms with van der Waals surface area (Å²) < 4.78 is 19.2. The average molecular weight is 332 g/mol. The van der Waals surface area contributed by atoms with Crippen molar-refractivity contribution in [3.05, 3.63) is 47.8 Å². The SMILES string of the molecule is COC(=O)c1ncn(CN2CCC(Cc3ccc(F)cc3)CC2)n1. The lowest BCUT2D eigenvalue weighted by molar-refractivity contribution is 0.0585. The van der Waals surface area contributed by atoms with Crippen molar-refractivity contribution in [2.24, 2.45) is 5.92 Å². The fourth-order valence-corrected chi connectivity index (χ4v) is 3.04. The summed E-state index contributed by atoms with van der Waals surface area (Å²) in [7, 11) is 1.31. The molecular weight excluding hydrogens is 311 g/mol. The van der Waals surface area contributed by atoms with Crippen LogP contribution in [-0.2, 0) is 17.8 Å². The molecule has 0 radical (unpaired) electrons. The molecule has 1 saturated heterocycles. The summed E-state index contributed by atoms with van der Waals surface area (Å²) in [4.78, 5) is 17.6. The van der Waals surface area contributed by atoms with Crippen LogP contribution in [0.4, 0.5) is 4.39 Å². The summed E-state index contributed by atoms with van der Waals surface area (Å²) in [6.45, 7) is 2.56. The topological polar surface area (TPSA) is 60.2 Å². The number of rotatable bonds is 5. The molecule has 1 aromatic heterocycles. The van der Waals surface area contributed by atoms with Crippen molar-refractivity contribution in [1.82, 2.24) is 19.7 Å². The number of hydrogen-bond donors (Lipinski definition) is 0. The minimum Gasteiger partial charge on any atom is -0.463 e. The van der Waals surface area contributed by atoms with E-state index in [-0.39, 0.29) is 11.6 Å². The van der Waals surface area contributed by atoms with Gasteiger partial charge in [0.2, 0.25) is 0 Å². The number of likely N-dealkylation sites (tertiary alicyclic amines) is 1. The molecule has 24 heavy (non-hydrogen) atoms. The van der Waals surface area contributed by atoms with Crippen molar-refractivity contribution in [3.63, 3.8) is 0 Å². The van der Waals surface area contributed by atoms with Gasteiger partial charge in [-0.1, -0.05) is 12.1 Å². The van der Waals surface area contributed by atoms with Gasteiger partial charge in [-0.3, -0.25) is 4.90 Å². The van der Waals surface area contributed by atoms with Crippen LogP contribution in [0.5, 0.6) is 0 Å². The highest BCUT2D eigenvalue weighted by molar-refractivity contribution is 5.84. The highest BCUT2D eigenvalue weighted by Crippen LogP contribution is 2.22. The minimum absolute atomic E-state index is 0.0868. The third kappa shape index (κ3) is 4.17. The first-order chi connectivity index (χ1) is 11.6. The zero-order chi connectivity index (χ0) is 16.9. The third-order valence-corrected chi connectivity index (χ3v) is 4.39. The van der Waals surface area contributed by atoms with E-state index in [9.17, 15) is 9.18 Å². The number of ether oxygens (including phenoxy) is 1. The third-order valence-electron chi connectivity index (χ3n) is 4.39. The molecule has 128 valence electrons. The van der Waals surface area contributed by atoms with E-state index in [0.717, 1.165) is 32.4 Å². The maximum atomic E-state index is 12.9. The van der Waals surface area contributed by atoms with Crippen LogP contribution in [0.3, 0.4) is 0 Å². The number of nitrogens with zero attached hydrogens (tertiary/aromatic N) is 4. The first-order valence-corrected chi connectivity index (χ1v) is 8.08. The van der Waals surface area contributed by atoms with E-state index in [1.807, 2.05) is 12.1 Å². The van der Waals surface area contributed by atoms with Crippen molar-refractivity contribution in [1.29, 1.82) is 0 Å². The molecule has 2 aromatic rings. The number of carbonyl (C=O) groups excluding carboxylic acids is 1. The van der Waals surface area contributed by atoms with Crippen LogP contribution in [0, 0.1) is 11.7 Å². The van der Waals surface area contributed by atoms with Crippen molar-refractivity contribution < 1.29 is 13.9 Å². The molecule has 1 aromatic carbocycles. The van der Waals surface area contributed by atoms with Crippen molar-refractivity contribution >= 4 is 5.97 Å². The Morgan fingerprint density at radius 1 is 1.29 bits per heavy atom. The van der Waals surface area contributed by atoms with E-state index in [4.69, 9.17) is 0 Å². The largest absolute Gasteiger partial charge is 0.463 e. The maximum Gasteiger partial charge on any atom is 0.377 e. The maximum absolute atomic E-state index is 12.9. The van der Waals surface area contributed by atoms with Crippen molar-refractivity contribution in [2.45, 2.75) is 25.9 Å². The lowest BCUT2D eigenvalue weighted by Gasteiger charge is -2.31. The van der Waals surface area contributed by atoms with E-state index < -0.39 is 5.97 Å². The normalized spacial score (nSPS) is 16.2. The number of halogens is 1. The second-order valence-electron chi connectivity index (χ2n) is 6.13. The summed E-state index contributed by atoms with van der Waals surface area (Å²) >= 11 is 0. The molecule has 0 aliphatic carbocycles. The predicted octanol–water partition coefficient (Wildman–Crippen LogP) is 2.12. The number of piperidine rings is 1. The van der Waals surface area contributed by atoms with Crippen LogP contribution < -0.4 is 0 Å². The zero-order valence-electron chi connectivity index (χ0n) is 13.7. The van der Waals surface area contributed by atoms with Crippen LogP contribution in [-0.4, -0.2) is 45.8 Å². The molecule has 0 saturated carbocycles. The van der Waals surface area contributed by atoms with E-state index in [0.29, 0.717) is 12.6 Å². The zero-order valence-corrected chi connectivity index (χ0v) is 13.7. The average Bonchev–Trinajstić information content (AvgIpc) is 3.06. The fraction of sp³-hybridized carbons (Fsp3) is 0.471. The van der Waals surface area contributed by atoms with Crippen LogP contribution in [0.15, 0.2) is 30.6 Å². The molecule has 1 fully saturated rings. The number of carbonyl (C=O) groups is 1. The van der Waals surface area contributed by atoms with Gasteiger partial charge in [0.25, 0.3) is 5.82 Å². The number of esters is 1. The molecule has 0 atom stereocenters. The van der Waals surface area contributed by atoms with Gasteiger partial charge in [-0.25, -0.2) is 18.9 Å². The van der Waals surface area contributed by atoms with Crippen LogP contribution >= 0.6 is 0 Å². The summed E-state index contributed by atoms with van der Waals surface area (Å²) in [5, 5.41) is 4.12. The molecule has 2 heterocycles. The molecule has 6 nitrogen and oxygen atoms in total. The van der Waals surface area contributed by atoms with Gasteiger partial charge in [0.05, 0.1) is 13.8 Å². The molecule has 1 aliphatic rings. The van der Waals surface area contributed by atoms with Gasteiger partial charge < -0.3 is 4.74 Å². The number of hydrogen-bond acceptors (Lipinski definition) is 5. The minimum atomic E-state index is -0.522. The summed E-state index contributed by atoms with van der Waals surface area (Å²) in [5.74, 6) is -0.00346. The van der Waals surface area contributed by atoms with Gasteiger partial charge in [0.1, 0.15) is 12.1 Å². The Bertz CT molecular complexity index is 678. The summed E-state index contributed by atoms with van der Waals surface area (Å²) in [6, 6.07) is 6.78. The van der Waals surface area contributed by atoms with Crippen LogP contribution in [0.25, 0.3) is 0 Å². The quantitative estimate of drug-likeness (QED) is 0.785. The fourth-order valence-electron chi connectivity index (χ4n) is 3.04. The molecule has 0 bridgehead atoms. The molecule has 0 N–H and O–H groups in total. The Hall–Kier alpha value is -2.28. The van der Waals surface area contributed by atoms with E-state index in [1.54, 1.807) is 11.0 Å². The molecular formula is C17H21FN4O2. The molecule has 1 aliphatic heterocycles. The van der Waals surface area contributed by atoms with Crippen molar-refractivity contribution in [3.8, 4) is 0 Å². The van der Waals surface area contributed by atoms with Gasteiger partial charge in [-0.05, 0) is 42.9 Å². The Morgan fingerprint density at radius 3 is 2.67 bits per heavy atom. The Labute approximate surface area is 140 Å². The molecule has 3 rings (SSSR count). The first-order valence-electron chi connectivity index (χ1n) is 8.08. The monoisotopic (exact) mass is 332 g/mol. The lowest BCUT2D eigenvalue weighted by atomic mass is 9.90. The Kier molecular flexibility index (Phi) is 5.20. The van der Waals surface area contributed by atoms with Gasteiger partial charge in [-0.15, -0.1) is 5.10 Å². The Morgan fingerprint density at radius 2 is 2.00 bits per heavy atom. The van der Waals surface area contributed by atoms with Crippen LogP contribution in [0.2, 0.25) is 0 Å². The van der Waals surface area contributed by atoms with Crippen LogP contribution in [0.1, 0.15) is 29.0 Å². The molecule has 0 spiro atoms. The summed E-state index contributed by atoms with van der Waals surface area (Å²) in [5.41, 5.74) is 1.19. The highest BCUT2D eigenvalue weighted by Gasteiger charge is 2.20. The standard InChI is InChI=1S/C17H21FN4O2/c1-24-17(23)16-19-11-22(20-16)12-21-8-6-14(7-9-21)10-13-2-4-15(18)5-3-13/h2-5,11,14H,6-10,12H2,1H3. The van der Waals surface area contributed by atoms with E-state index >= 15 is 0 Å². The predicted molar refractivity (Wildman–Crippen MR) is 85.8 cm³/mol. The molecule has 0 unspecified atom stereocenters. The number of benzene rings is 1. The highest BCUT2D eigenvalue weighted by atomic mass is 19.1. The summed E-state index contributed by atoms with van der Waals surface area (Å²) in [6.07, 6.45) is 4.73.